The number of amides is 1. The van der Waals surface area contributed by atoms with Gasteiger partial charge in [0, 0.05) is 16.8 Å². The maximum atomic E-state index is 12.4. The topological polar surface area (TPSA) is 85.3 Å². The summed E-state index contributed by atoms with van der Waals surface area (Å²) in [6.45, 7) is 0. The largest absolute Gasteiger partial charge is 0.442 e. The Morgan fingerprint density at radius 1 is 1.23 bits per heavy atom. The highest BCUT2D eigenvalue weighted by atomic mass is 35.5. The van der Waals surface area contributed by atoms with Crippen molar-refractivity contribution in [1.29, 1.82) is 0 Å². The number of fused-ring (bicyclic) bond motifs is 1. The number of nitrogens with zero attached hydrogens (tertiary/aromatic N) is 1. The van der Waals surface area contributed by atoms with Crippen LogP contribution in [-0.2, 0) is 16.2 Å². The van der Waals surface area contributed by atoms with E-state index in [1.165, 1.54) is 6.26 Å². The number of furan rings is 1. The first-order valence-corrected chi connectivity index (χ1v) is 10.1. The summed E-state index contributed by atoms with van der Waals surface area (Å²) in [6.07, 6.45) is 3.89. The third-order valence-corrected chi connectivity index (χ3v) is 6.32. The Labute approximate surface area is 156 Å². The summed E-state index contributed by atoms with van der Waals surface area (Å²) >= 11 is 6.00. The number of hydrogen-bond donors (Lipinski definition) is 1. The molecule has 6 nitrogen and oxygen atoms in total. The predicted octanol–water partition coefficient (Wildman–Crippen LogP) is 3.42. The summed E-state index contributed by atoms with van der Waals surface area (Å²) in [5.41, 5.74) is 1.15. The maximum Gasteiger partial charge on any atom is 0.287 e. The van der Waals surface area contributed by atoms with Gasteiger partial charge >= 0.3 is 0 Å². The number of benzene rings is 1. The van der Waals surface area contributed by atoms with Crippen molar-refractivity contribution in [3.63, 3.8) is 0 Å². The Hall–Kier alpha value is -2.12. The highest BCUT2D eigenvalue weighted by molar-refractivity contribution is 7.84. The van der Waals surface area contributed by atoms with Gasteiger partial charge in [-0.15, -0.1) is 0 Å². The lowest BCUT2D eigenvalue weighted by Gasteiger charge is -2.68. The van der Waals surface area contributed by atoms with E-state index in [0.29, 0.717) is 16.0 Å². The maximum absolute atomic E-state index is 12.4. The van der Waals surface area contributed by atoms with Crippen LogP contribution in [-0.4, -0.2) is 26.9 Å². The molecule has 2 heterocycles. The van der Waals surface area contributed by atoms with Gasteiger partial charge in [-0.05, 0) is 49.6 Å². The normalized spacial score (nSPS) is 27.6. The van der Waals surface area contributed by atoms with Crippen LogP contribution >= 0.6 is 11.6 Å². The van der Waals surface area contributed by atoms with Gasteiger partial charge in [0.25, 0.3) is 5.91 Å². The molecule has 6 rings (SSSR count). The lowest BCUT2D eigenvalue weighted by Crippen LogP contribution is -2.76. The van der Waals surface area contributed by atoms with Crippen molar-refractivity contribution in [2.75, 3.05) is 6.26 Å². The van der Waals surface area contributed by atoms with Gasteiger partial charge in [-0.2, -0.15) is 0 Å². The molecule has 0 aliphatic heterocycles. The van der Waals surface area contributed by atoms with Crippen LogP contribution in [0.1, 0.15) is 35.7 Å². The summed E-state index contributed by atoms with van der Waals surface area (Å²) < 4.78 is 22.6. The third kappa shape index (κ3) is 2.27. The lowest BCUT2D eigenvalue weighted by atomic mass is 9.39. The molecule has 2 bridgehead atoms. The molecule has 3 fully saturated rings. The first-order valence-electron chi connectivity index (χ1n) is 8.21. The third-order valence-electron chi connectivity index (χ3n) is 5.30. The highest BCUT2D eigenvalue weighted by Crippen LogP contribution is 2.67. The standard InChI is InChI=1S/C18H15ClN2O4S/c1-26(23)14-5-4-13(24-14)15(22)21-18-7-17(8-18,9-18)16-20-11-6-10(19)2-3-12(11)25-16/h2-6H,7-9H2,1H3,(H,21,22)/t17?,18?,26-/m1/s1. The number of halogens is 1. The monoisotopic (exact) mass is 390 g/mol. The fraction of sp³-hybridized carbons (Fsp3) is 0.333. The van der Waals surface area contributed by atoms with Crippen molar-refractivity contribution >= 4 is 39.4 Å². The summed E-state index contributed by atoms with van der Waals surface area (Å²) in [7, 11) is -1.24. The molecule has 1 amide bonds. The van der Waals surface area contributed by atoms with Gasteiger partial charge in [0.05, 0.1) is 16.2 Å². The fourth-order valence-electron chi connectivity index (χ4n) is 4.17. The van der Waals surface area contributed by atoms with Crippen LogP contribution in [0, 0.1) is 0 Å². The molecule has 8 heteroatoms. The van der Waals surface area contributed by atoms with E-state index in [0.717, 1.165) is 30.4 Å². The number of nitrogens with one attached hydrogen (secondary N) is 1. The van der Waals surface area contributed by atoms with Crippen LogP contribution in [0.3, 0.4) is 0 Å². The Morgan fingerprint density at radius 2 is 2.00 bits per heavy atom. The molecule has 26 heavy (non-hydrogen) atoms. The number of carbonyl (C=O) groups excluding carboxylic acids is 1. The van der Waals surface area contributed by atoms with Crippen LogP contribution in [0.15, 0.2) is 44.3 Å². The van der Waals surface area contributed by atoms with Crippen LogP contribution in [0.2, 0.25) is 5.02 Å². The van der Waals surface area contributed by atoms with Crippen LogP contribution < -0.4 is 5.32 Å². The van der Waals surface area contributed by atoms with Crippen molar-refractivity contribution in [1.82, 2.24) is 10.3 Å². The second-order valence-electron chi connectivity index (χ2n) is 7.25. The van der Waals surface area contributed by atoms with Crippen molar-refractivity contribution in [3.8, 4) is 0 Å². The zero-order chi connectivity index (χ0) is 18.1. The molecule has 1 aromatic carbocycles. The van der Waals surface area contributed by atoms with Gasteiger partial charge in [-0.3, -0.25) is 9.00 Å². The van der Waals surface area contributed by atoms with Gasteiger partial charge in [-0.25, -0.2) is 4.98 Å². The summed E-state index contributed by atoms with van der Waals surface area (Å²) in [6, 6.07) is 8.52. The van der Waals surface area contributed by atoms with E-state index < -0.39 is 10.8 Å². The van der Waals surface area contributed by atoms with Crippen molar-refractivity contribution in [2.45, 2.75) is 35.3 Å². The van der Waals surface area contributed by atoms with Crippen molar-refractivity contribution in [2.24, 2.45) is 0 Å². The molecule has 0 unspecified atom stereocenters. The van der Waals surface area contributed by atoms with E-state index in [1.807, 2.05) is 6.07 Å². The minimum atomic E-state index is -1.24. The van der Waals surface area contributed by atoms with Gasteiger partial charge in [0.2, 0.25) is 5.89 Å². The van der Waals surface area contributed by atoms with E-state index in [4.69, 9.17) is 20.4 Å². The molecule has 134 valence electrons. The minimum absolute atomic E-state index is 0.0992. The number of aromatic nitrogens is 1. The first-order chi connectivity index (χ1) is 12.4. The van der Waals surface area contributed by atoms with Gasteiger partial charge in [-0.1, -0.05) is 11.6 Å². The van der Waals surface area contributed by atoms with Gasteiger partial charge < -0.3 is 14.2 Å². The molecule has 0 spiro atoms. The summed E-state index contributed by atoms with van der Waals surface area (Å²) in [5.74, 6) is 0.623. The van der Waals surface area contributed by atoms with E-state index in [2.05, 4.69) is 10.3 Å². The molecule has 3 aromatic rings. The minimum Gasteiger partial charge on any atom is -0.442 e. The number of oxazole rings is 1. The molecule has 2 aromatic heterocycles. The molecule has 3 aliphatic carbocycles. The molecule has 1 N–H and O–H groups in total. The average molecular weight is 391 g/mol. The fourth-order valence-corrected chi connectivity index (χ4v) is 4.81. The van der Waals surface area contributed by atoms with Crippen LogP contribution in [0.4, 0.5) is 0 Å². The van der Waals surface area contributed by atoms with E-state index in [1.54, 1.807) is 24.3 Å². The Kier molecular flexibility index (Phi) is 3.22. The molecule has 0 radical (unpaired) electrons. The van der Waals surface area contributed by atoms with Crippen LogP contribution in [0.5, 0.6) is 0 Å². The first kappa shape index (κ1) is 16.1. The smallest absolute Gasteiger partial charge is 0.287 e. The number of hydrogen-bond acceptors (Lipinski definition) is 5. The Morgan fingerprint density at radius 3 is 2.69 bits per heavy atom. The van der Waals surface area contributed by atoms with E-state index >= 15 is 0 Å². The molecular weight excluding hydrogens is 376 g/mol. The second-order valence-corrected chi connectivity index (χ2v) is 9.00. The SMILES string of the molecule is C[S@@](=O)c1ccc(C(=O)NC23CC(c4nc5cc(Cl)ccc5o4)(C2)C3)o1. The lowest BCUT2D eigenvalue weighted by molar-refractivity contribution is -0.0958. The Balaban J connectivity index is 1.30. The van der Waals surface area contributed by atoms with Crippen molar-refractivity contribution in [3.05, 3.63) is 47.0 Å². The summed E-state index contributed by atoms with van der Waals surface area (Å²) in [4.78, 5) is 17.0. The zero-order valence-corrected chi connectivity index (χ0v) is 15.4. The highest BCUT2D eigenvalue weighted by Gasteiger charge is 2.71. The Bertz CT molecular complexity index is 1070. The molecule has 0 saturated heterocycles. The molecule has 3 aliphatic rings. The van der Waals surface area contributed by atoms with Crippen molar-refractivity contribution < 1.29 is 17.8 Å². The van der Waals surface area contributed by atoms with Crippen LogP contribution in [0.25, 0.3) is 11.1 Å². The molecular formula is C18H15ClN2O4S. The quantitative estimate of drug-likeness (QED) is 0.737. The van der Waals surface area contributed by atoms with E-state index in [9.17, 15) is 9.00 Å². The second kappa shape index (κ2) is 5.20. The zero-order valence-electron chi connectivity index (χ0n) is 13.9. The number of carbonyl (C=O) groups is 1. The number of rotatable bonds is 4. The van der Waals surface area contributed by atoms with Gasteiger partial charge in [0.15, 0.2) is 16.4 Å². The van der Waals surface area contributed by atoms with Gasteiger partial charge in [0.1, 0.15) is 5.52 Å². The van der Waals surface area contributed by atoms with E-state index in [-0.39, 0.29) is 22.6 Å². The molecule has 3 saturated carbocycles. The predicted molar refractivity (Wildman–Crippen MR) is 95.8 cm³/mol. The molecule has 1 atom stereocenters. The average Bonchev–Trinajstić information content (AvgIpc) is 3.15. The summed E-state index contributed by atoms with van der Waals surface area (Å²) in [5, 5.41) is 3.97.